The van der Waals surface area contributed by atoms with Crippen LogP contribution in [0.3, 0.4) is 0 Å². The van der Waals surface area contributed by atoms with Gasteiger partial charge in [0.05, 0.1) is 0 Å². The number of piperidine rings is 1. The smallest absolute Gasteiger partial charge is 0.00817 e. The van der Waals surface area contributed by atoms with Gasteiger partial charge in [0.1, 0.15) is 0 Å². The van der Waals surface area contributed by atoms with Gasteiger partial charge in [-0.15, -0.1) is 0 Å². The van der Waals surface area contributed by atoms with Gasteiger partial charge in [-0.2, -0.15) is 0 Å². The summed E-state index contributed by atoms with van der Waals surface area (Å²) in [5.74, 6) is 0. The summed E-state index contributed by atoms with van der Waals surface area (Å²) in [6.07, 6.45) is 9.59. The fourth-order valence-corrected chi connectivity index (χ4v) is 3.29. The van der Waals surface area contributed by atoms with E-state index in [0.717, 1.165) is 6.04 Å². The van der Waals surface area contributed by atoms with Crippen molar-refractivity contribution in [1.82, 2.24) is 15.5 Å². The zero-order valence-corrected chi connectivity index (χ0v) is 12.1. The van der Waals surface area contributed by atoms with Gasteiger partial charge >= 0.3 is 0 Å². The zero-order valence-electron chi connectivity index (χ0n) is 12.1. The van der Waals surface area contributed by atoms with E-state index in [9.17, 15) is 0 Å². The van der Waals surface area contributed by atoms with Crippen molar-refractivity contribution in [2.75, 3.05) is 32.7 Å². The molecule has 0 amide bonds. The summed E-state index contributed by atoms with van der Waals surface area (Å²) in [7, 11) is 0. The average molecular weight is 253 g/mol. The molecule has 2 fully saturated rings. The lowest BCUT2D eigenvalue weighted by molar-refractivity contribution is 0.317. The molecule has 0 aromatic heterocycles. The molecule has 2 rings (SSSR count). The highest BCUT2D eigenvalue weighted by molar-refractivity contribution is 4.77. The van der Waals surface area contributed by atoms with Crippen LogP contribution in [0.4, 0.5) is 0 Å². The Kier molecular flexibility index (Phi) is 6.46. The van der Waals surface area contributed by atoms with Gasteiger partial charge in [0, 0.05) is 12.1 Å². The molecule has 18 heavy (non-hydrogen) atoms. The summed E-state index contributed by atoms with van der Waals surface area (Å²) in [5.41, 5.74) is 0. The highest BCUT2D eigenvalue weighted by Gasteiger charge is 2.15. The topological polar surface area (TPSA) is 27.3 Å². The Bertz CT molecular complexity index is 208. The summed E-state index contributed by atoms with van der Waals surface area (Å²) in [5, 5.41) is 7.32. The molecule has 2 heterocycles. The predicted octanol–water partition coefficient (Wildman–Crippen LogP) is 1.98. The van der Waals surface area contributed by atoms with E-state index >= 15 is 0 Å². The van der Waals surface area contributed by atoms with Gasteiger partial charge in [-0.1, -0.05) is 6.42 Å². The van der Waals surface area contributed by atoms with Gasteiger partial charge in [0.25, 0.3) is 0 Å². The van der Waals surface area contributed by atoms with Crippen LogP contribution in [0.25, 0.3) is 0 Å². The highest BCUT2D eigenvalue weighted by Crippen LogP contribution is 2.12. The quantitative estimate of drug-likeness (QED) is 0.680. The van der Waals surface area contributed by atoms with Crippen LogP contribution < -0.4 is 10.6 Å². The molecule has 2 atom stereocenters. The number of nitrogens with zero attached hydrogens (tertiary/aromatic N) is 1. The number of likely N-dealkylation sites (tertiary alicyclic amines) is 1. The van der Waals surface area contributed by atoms with E-state index in [4.69, 9.17) is 0 Å². The zero-order chi connectivity index (χ0) is 12.6. The summed E-state index contributed by atoms with van der Waals surface area (Å²) in [4.78, 5) is 2.61. The Labute approximate surface area is 113 Å². The third kappa shape index (κ3) is 5.25. The molecule has 106 valence electrons. The molecule has 0 aromatic rings. The molecule has 0 bridgehead atoms. The third-order valence-corrected chi connectivity index (χ3v) is 4.39. The molecule has 0 saturated carbocycles. The minimum Gasteiger partial charge on any atom is -0.314 e. The van der Waals surface area contributed by atoms with Gasteiger partial charge in [0.15, 0.2) is 0 Å². The standard InChI is InChI=1S/C15H31N3/c1-14(13-15-7-2-3-8-17-15)16-9-6-12-18-10-4-5-11-18/h14-17H,2-13H2,1H3. The molecule has 2 saturated heterocycles. The fraction of sp³-hybridized carbons (Fsp3) is 1.00. The van der Waals surface area contributed by atoms with Crippen molar-refractivity contribution in [3.63, 3.8) is 0 Å². The minimum absolute atomic E-state index is 0.666. The first-order valence-corrected chi connectivity index (χ1v) is 8.04. The maximum absolute atomic E-state index is 3.69. The van der Waals surface area contributed by atoms with Gasteiger partial charge in [-0.3, -0.25) is 0 Å². The summed E-state index contributed by atoms with van der Waals surface area (Å²) in [6.45, 7) is 8.72. The van der Waals surface area contributed by atoms with Crippen molar-refractivity contribution >= 4 is 0 Å². The van der Waals surface area contributed by atoms with E-state index in [0.29, 0.717) is 6.04 Å². The van der Waals surface area contributed by atoms with Crippen molar-refractivity contribution < 1.29 is 0 Å². The number of hydrogen-bond donors (Lipinski definition) is 2. The van der Waals surface area contributed by atoms with E-state index in [-0.39, 0.29) is 0 Å². The van der Waals surface area contributed by atoms with Crippen molar-refractivity contribution in [2.24, 2.45) is 0 Å². The summed E-state index contributed by atoms with van der Waals surface area (Å²) in [6, 6.07) is 1.43. The van der Waals surface area contributed by atoms with Crippen molar-refractivity contribution in [2.45, 2.75) is 64.0 Å². The second kappa shape index (κ2) is 8.13. The van der Waals surface area contributed by atoms with Crippen molar-refractivity contribution in [3.8, 4) is 0 Å². The molecule has 2 aliphatic heterocycles. The lowest BCUT2D eigenvalue weighted by atomic mass is 9.99. The highest BCUT2D eigenvalue weighted by atomic mass is 15.1. The van der Waals surface area contributed by atoms with Crippen LogP contribution >= 0.6 is 0 Å². The molecule has 2 N–H and O–H groups in total. The first kappa shape index (κ1) is 14.3. The minimum atomic E-state index is 0.666. The summed E-state index contributed by atoms with van der Waals surface area (Å²) < 4.78 is 0. The number of rotatable bonds is 7. The van der Waals surface area contributed by atoms with Gasteiger partial charge in [0.2, 0.25) is 0 Å². The molecule has 2 unspecified atom stereocenters. The van der Waals surface area contributed by atoms with Crippen LogP contribution in [-0.2, 0) is 0 Å². The second-order valence-electron chi connectivity index (χ2n) is 6.14. The number of nitrogens with one attached hydrogen (secondary N) is 2. The first-order valence-electron chi connectivity index (χ1n) is 8.04. The molecule has 0 spiro atoms. The molecule has 0 aliphatic carbocycles. The Morgan fingerprint density at radius 3 is 2.78 bits per heavy atom. The molecular formula is C15H31N3. The van der Waals surface area contributed by atoms with Gasteiger partial charge in [-0.25, -0.2) is 0 Å². The molecular weight excluding hydrogens is 222 g/mol. The summed E-state index contributed by atoms with van der Waals surface area (Å²) >= 11 is 0. The van der Waals surface area contributed by atoms with Gasteiger partial charge in [-0.05, 0) is 78.2 Å². The molecule has 0 aromatic carbocycles. The van der Waals surface area contributed by atoms with Crippen LogP contribution in [0.1, 0.15) is 51.9 Å². The van der Waals surface area contributed by atoms with Crippen LogP contribution in [0.5, 0.6) is 0 Å². The van der Waals surface area contributed by atoms with E-state index in [1.165, 1.54) is 77.7 Å². The lowest BCUT2D eigenvalue weighted by Gasteiger charge is -2.26. The third-order valence-electron chi connectivity index (χ3n) is 4.39. The SMILES string of the molecule is CC(CC1CCCCN1)NCCCN1CCCC1. The molecule has 0 radical (unpaired) electrons. The fourth-order valence-electron chi connectivity index (χ4n) is 3.29. The normalized spacial score (nSPS) is 27.5. The monoisotopic (exact) mass is 253 g/mol. The van der Waals surface area contributed by atoms with E-state index in [1.54, 1.807) is 0 Å². The van der Waals surface area contributed by atoms with Gasteiger partial charge < -0.3 is 15.5 Å². The second-order valence-corrected chi connectivity index (χ2v) is 6.14. The predicted molar refractivity (Wildman–Crippen MR) is 78.0 cm³/mol. The van der Waals surface area contributed by atoms with Crippen LogP contribution in [0.15, 0.2) is 0 Å². The molecule has 2 aliphatic rings. The Morgan fingerprint density at radius 1 is 1.22 bits per heavy atom. The number of hydrogen-bond acceptors (Lipinski definition) is 3. The first-order chi connectivity index (χ1) is 8.84. The van der Waals surface area contributed by atoms with E-state index in [2.05, 4.69) is 22.5 Å². The van der Waals surface area contributed by atoms with Crippen molar-refractivity contribution in [3.05, 3.63) is 0 Å². The van der Waals surface area contributed by atoms with Crippen molar-refractivity contribution in [1.29, 1.82) is 0 Å². The Balaban J connectivity index is 1.47. The molecule has 3 nitrogen and oxygen atoms in total. The van der Waals surface area contributed by atoms with Crippen LogP contribution in [-0.4, -0.2) is 49.7 Å². The Hall–Kier alpha value is -0.120. The largest absolute Gasteiger partial charge is 0.314 e. The van der Waals surface area contributed by atoms with E-state index in [1.807, 2.05) is 0 Å². The Morgan fingerprint density at radius 2 is 2.06 bits per heavy atom. The molecule has 3 heteroatoms. The average Bonchev–Trinajstić information content (AvgIpc) is 2.89. The van der Waals surface area contributed by atoms with Crippen LogP contribution in [0, 0.1) is 0 Å². The van der Waals surface area contributed by atoms with Crippen LogP contribution in [0.2, 0.25) is 0 Å². The maximum Gasteiger partial charge on any atom is 0.00817 e. The maximum atomic E-state index is 3.69. The van der Waals surface area contributed by atoms with E-state index < -0.39 is 0 Å². The lowest BCUT2D eigenvalue weighted by Crippen LogP contribution is -2.40.